The van der Waals surface area contributed by atoms with Crippen molar-refractivity contribution in [3.8, 4) is 11.6 Å². The summed E-state index contributed by atoms with van der Waals surface area (Å²) in [5, 5.41) is 11.3. The highest BCUT2D eigenvalue weighted by atomic mass is 35.5. The number of hydrogen-bond acceptors (Lipinski definition) is 4. The first-order valence-corrected chi connectivity index (χ1v) is 9.21. The van der Waals surface area contributed by atoms with Gasteiger partial charge in [-0.3, -0.25) is 9.56 Å². The van der Waals surface area contributed by atoms with Gasteiger partial charge in [-0.15, -0.1) is 11.3 Å². The first kappa shape index (κ1) is 16.3. The first-order valence-electron chi connectivity index (χ1n) is 7.61. The molecule has 3 nitrogen and oxygen atoms in total. The topological polar surface area (TPSA) is 37.5 Å². The highest BCUT2D eigenvalue weighted by Gasteiger charge is 2.16. The predicted octanol–water partition coefficient (Wildman–Crippen LogP) is 6.19. The summed E-state index contributed by atoms with van der Waals surface area (Å²) in [5.74, 6) is 0.111. The highest BCUT2D eigenvalue weighted by molar-refractivity contribution is 7.73. The summed E-state index contributed by atoms with van der Waals surface area (Å²) in [4.78, 5) is 5.09. The molecule has 0 amide bonds. The normalized spacial score (nSPS) is 14.2. The SMILES string of the molecule is Cc1ccc(-n2c(O)c(C=C3C=Nc4ccccc43)sc2=S)cc1Cl. The summed E-state index contributed by atoms with van der Waals surface area (Å²) in [6.07, 6.45) is 3.72. The monoisotopic (exact) mass is 384 g/mol. The van der Waals surface area contributed by atoms with E-state index in [-0.39, 0.29) is 5.88 Å². The second-order valence-corrected chi connectivity index (χ2v) is 7.78. The van der Waals surface area contributed by atoms with E-state index >= 15 is 0 Å². The van der Waals surface area contributed by atoms with Crippen LogP contribution in [0.3, 0.4) is 0 Å². The van der Waals surface area contributed by atoms with E-state index in [4.69, 9.17) is 23.8 Å². The van der Waals surface area contributed by atoms with Crippen molar-refractivity contribution in [1.82, 2.24) is 4.57 Å². The van der Waals surface area contributed by atoms with Crippen LogP contribution in [-0.2, 0) is 0 Å². The van der Waals surface area contributed by atoms with Crippen LogP contribution in [0.2, 0.25) is 5.02 Å². The Morgan fingerprint density at radius 1 is 1.24 bits per heavy atom. The number of fused-ring (bicyclic) bond motifs is 1. The van der Waals surface area contributed by atoms with Crippen molar-refractivity contribution in [2.45, 2.75) is 6.92 Å². The van der Waals surface area contributed by atoms with Crippen LogP contribution in [0.4, 0.5) is 5.69 Å². The fraction of sp³-hybridized carbons (Fsp3) is 0.0526. The average molecular weight is 385 g/mol. The third-order valence-electron chi connectivity index (χ3n) is 4.07. The van der Waals surface area contributed by atoms with E-state index in [0.717, 1.165) is 28.1 Å². The Hall–Kier alpha value is -2.21. The molecule has 0 saturated carbocycles. The molecule has 2 aromatic carbocycles. The van der Waals surface area contributed by atoms with Gasteiger partial charge < -0.3 is 5.11 Å². The number of rotatable bonds is 2. The van der Waals surface area contributed by atoms with E-state index in [0.29, 0.717) is 13.9 Å². The van der Waals surface area contributed by atoms with Crippen LogP contribution >= 0.6 is 35.2 Å². The highest BCUT2D eigenvalue weighted by Crippen LogP contribution is 2.37. The molecule has 0 bridgehead atoms. The van der Waals surface area contributed by atoms with Gasteiger partial charge >= 0.3 is 0 Å². The number of thiazole rings is 1. The number of aromatic nitrogens is 1. The number of allylic oxidation sites excluding steroid dienone is 1. The third kappa shape index (κ3) is 2.84. The number of aryl methyl sites for hydroxylation is 1. The minimum Gasteiger partial charge on any atom is -0.493 e. The molecule has 6 heteroatoms. The van der Waals surface area contributed by atoms with Crippen LogP contribution in [0.15, 0.2) is 47.5 Å². The van der Waals surface area contributed by atoms with Crippen LogP contribution in [0.1, 0.15) is 16.0 Å². The number of para-hydroxylation sites is 1. The molecule has 0 spiro atoms. The van der Waals surface area contributed by atoms with Crippen molar-refractivity contribution in [3.63, 3.8) is 0 Å². The summed E-state index contributed by atoms with van der Waals surface area (Å²) >= 11 is 13.0. The minimum atomic E-state index is 0.111. The lowest BCUT2D eigenvalue weighted by molar-refractivity contribution is 0.441. The van der Waals surface area contributed by atoms with Crippen molar-refractivity contribution in [3.05, 3.63) is 67.4 Å². The lowest BCUT2D eigenvalue weighted by Crippen LogP contribution is -1.93. The van der Waals surface area contributed by atoms with E-state index in [9.17, 15) is 5.11 Å². The number of aliphatic imine (C=N–C) groups is 1. The quantitative estimate of drug-likeness (QED) is 0.534. The summed E-state index contributed by atoms with van der Waals surface area (Å²) < 4.78 is 2.20. The van der Waals surface area contributed by atoms with Gasteiger partial charge in [-0.1, -0.05) is 35.9 Å². The van der Waals surface area contributed by atoms with Gasteiger partial charge in [0.1, 0.15) is 0 Å². The zero-order valence-corrected chi connectivity index (χ0v) is 15.6. The molecule has 1 N–H and O–H groups in total. The second-order valence-electron chi connectivity index (χ2n) is 5.70. The smallest absolute Gasteiger partial charge is 0.215 e. The fourth-order valence-electron chi connectivity index (χ4n) is 2.72. The van der Waals surface area contributed by atoms with Gasteiger partial charge in [0.25, 0.3) is 0 Å². The summed E-state index contributed by atoms with van der Waals surface area (Å²) in [6, 6.07) is 13.5. The molecular formula is C19H13ClN2OS2. The molecule has 1 aliphatic heterocycles. The van der Waals surface area contributed by atoms with E-state index in [1.807, 2.05) is 55.5 Å². The molecule has 0 atom stereocenters. The van der Waals surface area contributed by atoms with E-state index < -0.39 is 0 Å². The second kappa shape index (κ2) is 6.26. The Morgan fingerprint density at radius 2 is 2.04 bits per heavy atom. The molecule has 3 aromatic rings. The zero-order valence-electron chi connectivity index (χ0n) is 13.2. The molecule has 1 aliphatic rings. The molecule has 0 radical (unpaired) electrons. The van der Waals surface area contributed by atoms with Crippen LogP contribution in [0, 0.1) is 10.9 Å². The maximum Gasteiger partial charge on any atom is 0.215 e. The summed E-state index contributed by atoms with van der Waals surface area (Å²) in [6.45, 7) is 1.94. The van der Waals surface area contributed by atoms with Gasteiger partial charge in [0.15, 0.2) is 3.95 Å². The van der Waals surface area contributed by atoms with Gasteiger partial charge in [-0.2, -0.15) is 0 Å². The third-order valence-corrected chi connectivity index (χ3v) is 5.79. The molecule has 4 rings (SSSR count). The molecule has 0 unspecified atom stereocenters. The molecule has 2 heterocycles. The number of nitrogens with zero attached hydrogens (tertiary/aromatic N) is 2. The van der Waals surface area contributed by atoms with Gasteiger partial charge in [0.05, 0.1) is 16.3 Å². The van der Waals surface area contributed by atoms with Crippen LogP contribution in [0.25, 0.3) is 17.3 Å². The number of benzene rings is 2. The molecular weight excluding hydrogens is 372 g/mol. The molecule has 0 saturated heterocycles. The van der Waals surface area contributed by atoms with Gasteiger partial charge in [-0.25, -0.2) is 0 Å². The maximum absolute atomic E-state index is 10.7. The van der Waals surface area contributed by atoms with Crippen LogP contribution in [0.5, 0.6) is 5.88 Å². The predicted molar refractivity (Wildman–Crippen MR) is 108 cm³/mol. The lowest BCUT2D eigenvalue weighted by Gasteiger charge is -2.07. The minimum absolute atomic E-state index is 0.111. The molecule has 1 aromatic heterocycles. The van der Waals surface area contributed by atoms with Crippen LogP contribution < -0.4 is 0 Å². The Bertz CT molecular complexity index is 1110. The van der Waals surface area contributed by atoms with E-state index in [1.54, 1.807) is 10.8 Å². The summed E-state index contributed by atoms with van der Waals surface area (Å²) in [7, 11) is 0. The van der Waals surface area contributed by atoms with Crippen molar-refractivity contribution < 1.29 is 5.11 Å². The Labute approximate surface area is 159 Å². The van der Waals surface area contributed by atoms with Crippen molar-refractivity contribution in [1.29, 1.82) is 0 Å². The largest absolute Gasteiger partial charge is 0.493 e. The molecule has 0 aliphatic carbocycles. The van der Waals surface area contributed by atoms with Crippen molar-refractivity contribution in [2.75, 3.05) is 0 Å². The van der Waals surface area contributed by atoms with E-state index in [1.165, 1.54) is 11.3 Å². The van der Waals surface area contributed by atoms with Crippen LogP contribution in [-0.4, -0.2) is 15.9 Å². The maximum atomic E-state index is 10.7. The zero-order chi connectivity index (χ0) is 17.6. The molecule has 25 heavy (non-hydrogen) atoms. The molecule has 0 fully saturated rings. The summed E-state index contributed by atoms with van der Waals surface area (Å²) in [5.41, 5.74) is 4.66. The van der Waals surface area contributed by atoms with Crippen molar-refractivity contribution >= 4 is 58.7 Å². The van der Waals surface area contributed by atoms with E-state index in [2.05, 4.69) is 4.99 Å². The number of aromatic hydroxyl groups is 1. The Kier molecular flexibility index (Phi) is 4.07. The standard InChI is InChI=1S/C19H13ClN2OS2/c1-11-6-7-13(9-15(11)20)22-18(23)17(25-19(22)24)8-12-10-21-16-5-3-2-4-14(12)16/h2-10,23H,1H3. The van der Waals surface area contributed by atoms with Gasteiger partial charge in [0, 0.05) is 22.4 Å². The Morgan fingerprint density at radius 3 is 2.84 bits per heavy atom. The van der Waals surface area contributed by atoms with Gasteiger partial charge in [0.2, 0.25) is 5.88 Å². The van der Waals surface area contributed by atoms with Gasteiger partial charge in [-0.05, 0) is 49.0 Å². The number of halogens is 1. The first-order chi connectivity index (χ1) is 12.0. The fourth-order valence-corrected chi connectivity index (χ4v) is 4.20. The average Bonchev–Trinajstić information content (AvgIpc) is 3.12. The lowest BCUT2D eigenvalue weighted by atomic mass is 10.1. The Balaban J connectivity index is 1.82. The number of hydrogen-bond donors (Lipinski definition) is 1. The molecule has 124 valence electrons. The van der Waals surface area contributed by atoms with Crippen molar-refractivity contribution in [2.24, 2.45) is 4.99 Å².